The minimum absolute atomic E-state index is 0.0226. The summed E-state index contributed by atoms with van der Waals surface area (Å²) < 4.78 is 22.8. The first-order valence-corrected chi connectivity index (χ1v) is 8.46. The number of anilines is 1. The first kappa shape index (κ1) is 15.7. The zero-order valence-corrected chi connectivity index (χ0v) is 13.5. The molecular weight excluding hydrogens is 308 g/mol. The van der Waals surface area contributed by atoms with Gasteiger partial charge in [-0.05, 0) is 56.3 Å². The highest BCUT2D eigenvalue weighted by Gasteiger charge is 2.12. The van der Waals surface area contributed by atoms with Crippen LogP contribution in [0, 0.1) is 20.8 Å². The van der Waals surface area contributed by atoms with Crippen molar-refractivity contribution in [3.63, 3.8) is 0 Å². The Morgan fingerprint density at radius 1 is 1.05 bits per heavy atom. The maximum absolute atomic E-state index is 11.4. The lowest BCUT2D eigenvalue weighted by molar-refractivity contribution is 0.597. The highest BCUT2D eigenvalue weighted by atomic mass is 32.2. The van der Waals surface area contributed by atoms with Gasteiger partial charge in [-0.2, -0.15) is 0 Å². The first-order chi connectivity index (χ1) is 9.66. The van der Waals surface area contributed by atoms with Gasteiger partial charge in [-0.15, -0.1) is 0 Å². The Bertz CT molecular complexity index is 781. The van der Waals surface area contributed by atoms with Crippen LogP contribution >= 0.6 is 11.8 Å². The Hall–Kier alpha value is -1.64. The maximum Gasteiger partial charge on any atom is 0.238 e. The van der Waals surface area contributed by atoms with Crippen LogP contribution in [0.4, 0.5) is 5.69 Å². The number of nitrogens with zero attached hydrogens (tertiary/aromatic N) is 2. The van der Waals surface area contributed by atoms with Gasteiger partial charge >= 0.3 is 0 Å². The fourth-order valence-corrected chi connectivity index (χ4v) is 3.33. The second-order valence-electron chi connectivity index (χ2n) is 4.69. The van der Waals surface area contributed by atoms with E-state index in [0.717, 1.165) is 17.0 Å². The molecule has 0 fully saturated rings. The number of rotatable bonds is 3. The van der Waals surface area contributed by atoms with Crippen molar-refractivity contribution in [1.82, 2.24) is 9.97 Å². The molecule has 0 unspecified atom stereocenters. The van der Waals surface area contributed by atoms with Crippen LogP contribution in [0.15, 0.2) is 33.1 Å². The molecule has 2 rings (SSSR count). The number of aromatic nitrogens is 2. The van der Waals surface area contributed by atoms with Crippen molar-refractivity contribution in [3.05, 3.63) is 35.2 Å². The molecule has 1 aromatic carbocycles. The summed E-state index contributed by atoms with van der Waals surface area (Å²) in [4.78, 5) is 9.37. The predicted octanol–water partition coefficient (Wildman–Crippen LogP) is 1.78. The third-order valence-corrected chi connectivity index (χ3v) is 4.78. The number of nitrogen functional groups attached to an aromatic ring is 1. The van der Waals surface area contributed by atoms with Gasteiger partial charge in [0.2, 0.25) is 10.0 Å². The number of nitrogens with two attached hydrogens (primary N) is 2. The average molecular weight is 324 g/mol. The third-order valence-electron chi connectivity index (χ3n) is 3.05. The van der Waals surface area contributed by atoms with Gasteiger partial charge < -0.3 is 5.73 Å². The zero-order valence-electron chi connectivity index (χ0n) is 11.9. The standard InChI is InChI=1S/C13H16N4O2S2/c1-7-8(2)16-13(17-9(7)3)20-11-4-10(14)5-12(6-11)21(15,18)19/h4-6H,14H2,1-3H3,(H2,15,18,19). The summed E-state index contributed by atoms with van der Waals surface area (Å²) >= 11 is 1.25. The highest BCUT2D eigenvalue weighted by molar-refractivity contribution is 7.99. The second-order valence-corrected chi connectivity index (χ2v) is 7.29. The number of primary sulfonamides is 1. The molecule has 0 saturated carbocycles. The Labute approximate surface area is 128 Å². The van der Waals surface area contributed by atoms with E-state index < -0.39 is 10.0 Å². The van der Waals surface area contributed by atoms with Crippen LogP contribution in [0.3, 0.4) is 0 Å². The van der Waals surface area contributed by atoms with Gasteiger partial charge in [0.05, 0.1) is 4.90 Å². The van der Waals surface area contributed by atoms with E-state index >= 15 is 0 Å². The molecule has 21 heavy (non-hydrogen) atoms. The maximum atomic E-state index is 11.4. The minimum Gasteiger partial charge on any atom is -0.399 e. The average Bonchev–Trinajstić information content (AvgIpc) is 2.34. The molecule has 1 heterocycles. The lowest BCUT2D eigenvalue weighted by atomic mass is 10.2. The molecule has 4 N–H and O–H groups in total. The fraction of sp³-hybridized carbons (Fsp3) is 0.231. The van der Waals surface area contributed by atoms with E-state index in [1.54, 1.807) is 6.07 Å². The quantitative estimate of drug-likeness (QED) is 0.657. The van der Waals surface area contributed by atoms with Crippen molar-refractivity contribution in [3.8, 4) is 0 Å². The molecule has 8 heteroatoms. The van der Waals surface area contributed by atoms with Crippen LogP contribution in [0.25, 0.3) is 0 Å². The van der Waals surface area contributed by atoms with Crippen LogP contribution in [0.1, 0.15) is 17.0 Å². The van der Waals surface area contributed by atoms with Crippen molar-refractivity contribution in [2.75, 3.05) is 5.73 Å². The molecular formula is C13H16N4O2S2. The Morgan fingerprint density at radius 3 is 2.14 bits per heavy atom. The Morgan fingerprint density at radius 2 is 1.62 bits per heavy atom. The van der Waals surface area contributed by atoms with Gasteiger partial charge in [-0.1, -0.05) is 0 Å². The molecule has 0 spiro atoms. The van der Waals surface area contributed by atoms with E-state index in [2.05, 4.69) is 9.97 Å². The zero-order chi connectivity index (χ0) is 15.8. The van der Waals surface area contributed by atoms with E-state index in [1.165, 1.54) is 23.9 Å². The van der Waals surface area contributed by atoms with Crippen molar-refractivity contribution in [2.24, 2.45) is 5.14 Å². The van der Waals surface area contributed by atoms with E-state index in [-0.39, 0.29) is 4.90 Å². The van der Waals surface area contributed by atoms with Gasteiger partial charge in [0, 0.05) is 22.0 Å². The van der Waals surface area contributed by atoms with Gasteiger partial charge in [0.15, 0.2) is 5.16 Å². The van der Waals surface area contributed by atoms with Crippen LogP contribution in [-0.2, 0) is 10.0 Å². The van der Waals surface area contributed by atoms with Gasteiger partial charge in [0.1, 0.15) is 0 Å². The van der Waals surface area contributed by atoms with Crippen LogP contribution in [-0.4, -0.2) is 18.4 Å². The molecule has 0 radical (unpaired) electrons. The first-order valence-electron chi connectivity index (χ1n) is 6.10. The van der Waals surface area contributed by atoms with Crippen molar-refractivity contribution in [1.29, 1.82) is 0 Å². The number of sulfonamides is 1. The summed E-state index contributed by atoms with van der Waals surface area (Å²) in [6.45, 7) is 5.77. The highest BCUT2D eigenvalue weighted by Crippen LogP contribution is 2.29. The molecule has 2 aromatic rings. The molecule has 1 aromatic heterocycles. The number of benzene rings is 1. The van der Waals surface area contributed by atoms with Gasteiger partial charge in [-0.25, -0.2) is 23.5 Å². The molecule has 0 atom stereocenters. The number of aryl methyl sites for hydroxylation is 2. The summed E-state index contributed by atoms with van der Waals surface area (Å²) in [5.41, 5.74) is 8.86. The van der Waals surface area contributed by atoms with E-state index in [1.807, 2.05) is 20.8 Å². The smallest absolute Gasteiger partial charge is 0.238 e. The second kappa shape index (κ2) is 5.63. The lowest BCUT2D eigenvalue weighted by Gasteiger charge is -2.08. The third kappa shape index (κ3) is 3.72. The summed E-state index contributed by atoms with van der Waals surface area (Å²) in [7, 11) is -3.80. The minimum atomic E-state index is -3.80. The molecule has 0 amide bonds. The SMILES string of the molecule is Cc1nc(Sc2cc(N)cc(S(N)(=O)=O)c2)nc(C)c1C. The monoisotopic (exact) mass is 324 g/mol. The van der Waals surface area contributed by atoms with Crippen molar-refractivity contribution >= 4 is 27.5 Å². The van der Waals surface area contributed by atoms with Crippen molar-refractivity contribution < 1.29 is 8.42 Å². The Balaban J connectivity index is 2.43. The van der Waals surface area contributed by atoms with Gasteiger partial charge in [-0.3, -0.25) is 0 Å². The van der Waals surface area contributed by atoms with E-state index in [4.69, 9.17) is 10.9 Å². The van der Waals surface area contributed by atoms with Crippen LogP contribution in [0.5, 0.6) is 0 Å². The molecule has 0 saturated heterocycles. The molecule has 0 bridgehead atoms. The van der Waals surface area contributed by atoms with Gasteiger partial charge in [0.25, 0.3) is 0 Å². The fourth-order valence-electron chi connectivity index (χ4n) is 1.71. The topological polar surface area (TPSA) is 112 Å². The lowest BCUT2D eigenvalue weighted by Crippen LogP contribution is -2.12. The molecule has 0 aliphatic heterocycles. The van der Waals surface area contributed by atoms with E-state index in [9.17, 15) is 8.42 Å². The van der Waals surface area contributed by atoms with Crippen LogP contribution < -0.4 is 10.9 Å². The molecule has 0 aliphatic rings. The number of hydrogen-bond acceptors (Lipinski definition) is 6. The summed E-state index contributed by atoms with van der Waals surface area (Å²) in [5, 5.41) is 5.68. The van der Waals surface area contributed by atoms with Crippen molar-refractivity contribution in [2.45, 2.75) is 35.7 Å². The number of hydrogen-bond donors (Lipinski definition) is 2. The van der Waals surface area contributed by atoms with Crippen LogP contribution in [0.2, 0.25) is 0 Å². The normalized spacial score (nSPS) is 11.6. The van der Waals surface area contributed by atoms with E-state index in [0.29, 0.717) is 15.7 Å². The predicted molar refractivity (Wildman–Crippen MR) is 82.6 cm³/mol. The summed E-state index contributed by atoms with van der Waals surface area (Å²) in [6, 6.07) is 4.45. The largest absolute Gasteiger partial charge is 0.399 e. The molecule has 0 aliphatic carbocycles. The molecule has 6 nitrogen and oxygen atoms in total. The summed E-state index contributed by atoms with van der Waals surface area (Å²) in [5.74, 6) is 0. The molecule has 112 valence electrons. The summed E-state index contributed by atoms with van der Waals surface area (Å²) in [6.07, 6.45) is 0. The Kier molecular flexibility index (Phi) is 4.22.